The molecule has 2 heteroatoms. The molecule has 18 heavy (non-hydrogen) atoms. The molecule has 0 aliphatic rings. The molecule has 0 saturated heterocycles. The lowest BCUT2D eigenvalue weighted by molar-refractivity contribution is 0.161. The molecule has 1 unspecified atom stereocenters. The van der Waals surface area contributed by atoms with E-state index in [0.29, 0.717) is 0 Å². The van der Waals surface area contributed by atoms with Gasteiger partial charge in [0.05, 0.1) is 13.2 Å². The zero-order chi connectivity index (χ0) is 13.2. The number of hydrogen-bond acceptors (Lipinski definition) is 2. The van der Waals surface area contributed by atoms with Crippen molar-refractivity contribution in [2.45, 2.75) is 58.0 Å². The van der Waals surface area contributed by atoms with Crippen LogP contribution in [0.15, 0.2) is 24.3 Å². The van der Waals surface area contributed by atoms with Gasteiger partial charge in [-0.05, 0) is 30.5 Å². The van der Waals surface area contributed by atoms with Crippen molar-refractivity contribution >= 4 is 0 Å². The van der Waals surface area contributed by atoms with Gasteiger partial charge in [0.1, 0.15) is 5.75 Å². The van der Waals surface area contributed by atoms with Crippen molar-refractivity contribution in [3.63, 3.8) is 0 Å². The van der Waals surface area contributed by atoms with E-state index >= 15 is 0 Å². The summed E-state index contributed by atoms with van der Waals surface area (Å²) >= 11 is 0. The van der Waals surface area contributed by atoms with E-state index in [0.717, 1.165) is 25.0 Å². The van der Waals surface area contributed by atoms with Crippen molar-refractivity contribution in [2.24, 2.45) is 0 Å². The van der Waals surface area contributed by atoms with Gasteiger partial charge >= 0.3 is 0 Å². The van der Waals surface area contributed by atoms with E-state index in [9.17, 15) is 5.11 Å². The summed E-state index contributed by atoms with van der Waals surface area (Å²) in [6.07, 6.45) is 7.72. The van der Waals surface area contributed by atoms with Crippen molar-refractivity contribution < 1.29 is 9.84 Å². The van der Waals surface area contributed by atoms with Crippen LogP contribution in [0.3, 0.4) is 0 Å². The highest BCUT2D eigenvalue weighted by Gasteiger charge is 2.05. The van der Waals surface area contributed by atoms with Crippen molar-refractivity contribution in [1.29, 1.82) is 0 Å². The second-order valence-electron chi connectivity index (χ2n) is 4.91. The van der Waals surface area contributed by atoms with Gasteiger partial charge in [-0.25, -0.2) is 0 Å². The lowest BCUT2D eigenvalue weighted by atomic mass is 10.0. The number of rotatable bonds is 9. The third kappa shape index (κ3) is 6.06. The monoisotopic (exact) mass is 250 g/mol. The fraction of sp³-hybridized carbons (Fsp3) is 0.625. The van der Waals surface area contributed by atoms with Gasteiger partial charge in [0.15, 0.2) is 0 Å². The van der Waals surface area contributed by atoms with E-state index in [1.807, 2.05) is 24.3 Å². The third-order valence-corrected chi connectivity index (χ3v) is 3.27. The molecule has 0 aromatic heterocycles. The minimum Gasteiger partial charge on any atom is -0.497 e. The average Bonchev–Trinajstić information content (AvgIpc) is 2.39. The van der Waals surface area contributed by atoms with E-state index in [2.05, 4.69) is 6.92 Å². The quantitative estimate of drug-likeness (QED) is 0.672. The molecule has 0 heterocycles. The molecule has 0 aliphatic heterocycles. The van der Waals surface area contributed by atoms with Gasteiger partial charge in [0, 0.05) is 0 Å². The van der Waals surface area contributed by atoms with Crippen LogP contribution in [0.1, 0.15) is 51.0 Å². The minimum absolute atomic E-state index is 0.208. The van der Waals surface area contributed by atoms with E-state index in [1.54, 1.807) is 7.11 Å². The number of aliphatic hydroxyl groups is 1. The Morgan fingerprint density at radius 3 is 2.33 bits per heavy atom. The van der Waals surface area contributed by atoms with Crippen LogP contribution in [0.5, 0.6) is 5.75 Å². The molecular formula is C16H26O2. The molecule has 1 atom stereocenters. The van der Waals surface area contributed by atoms with Crippen LogP contribution in [0.25, 0.3) is 0 Å². The number of aliphatic hydroxyl groups excluding tert-OH is 1. The molecule has 0 saturated carbocycles. The van der Waals surface area contributed by atoms with Gasteiger partial charge in [0.2, 0.25) is 0 Å². The number of unbranched alkanes of at least 4 members (excludes halogenated alkanes) is 4. The van der Waals surface area contributed by atoms with Crippen LogP contribution in [-0.4, -0.2) is 18.3 Å². The summed E-state index contributed by atoms with van der Waals surface area (Å²) < 4.78 is 5.11. The topological polar surface area (TPSA) is 29.5 Å². The van der Waals surface area contributed by atoms with Gasteiger partial charge in [-0.3, -0.25) is 0 Å². The molecule has 0 aliphatic carbocycles. The van der Waals surface area contributed by atoms with Gasteiger partial charge in [0.25, 0.3) is 0 Å². The molecule has 1 aromatic carbocycles. The van der Waals surface area contributed by atoms with Crippen LogP contribution in [0.2, 0.25) is 0 Å². The van der Waals surface area contributed by atoms with Crippen LogP contribution in [0.4, 0.5) is 0 Å². The Labute approximate surface area is 111 Å². The van der Waals surface area contributed by atoms with E-state index in [4.69, 9.17) is 4.74 Å². The minimum atomic E-state index is -0.208. The Bertz CT molecular complexity index is 305. The van der Waals surface area contributed by atoms with Crippen LogP contribution in [-0.2, 0) is 6.42 Å². The zero-order valence-electron chi connectivity index (χ0n) is 11.7. The van der Waals surface area contributed by atoms with Crippen molar-refractivity contribution in [2.75, 3.05) is 7.11 Å². The zero-order valence-corrected chi connectivity index (χ0v) is 11.7. The van der Waals surface area contributed by atoms with Crippen LogP contribution < -0.4 is 4.74 Å². The SMILES string of the molecule is CCCCCCCC(O)Cc1ccc(OC)cc1. The first kappa shape index (κ1) is 15.0. The lowest BCUT2D eigenvalue weighted by Gasteiger charge is -2.11. The largest absolute Gasteiger partial charge is 0.497 e. The molecule has 1 aromatic rings. The number of benzene rings is 1. The predicted octanol–water partition coefficient (Wildman–Crippen LogP) is 3.96. The molecule has 102 valence electrons. The second-order valence-corrected chi connectivity index (χ2v) is 4.91. The fourth-order valence-electron chi connectivity index (χ4n) is 2.12. The maximum absolute atomic E-state index is 9.95. The molecule has 0 radical (unpaired) electrons. The van der Waals surface area contributed by atoms with Gasteiger partial charge in [-0.15, -0.1) is 0 Å². The maximum atomic E-state index is 9.95. The van der Waals surface area contributed by atoms with E-state index < -0.39 is 0 Å². The Morgan fingerprint density at radius 2 is 1.72 bits per heavy atom. The maximum Gasteiger partial charge on any atom is 0.118 e. The smallest absolute Gasteiger partial charge is 0.118 e. The standard InChI is InChI=1S/C16H26O2/c1-3-4-5-6-7-8-15(17)13-14-9-11-16(18-2)12-10-14/h9-12,15,17H,3-8,13H2,1-2H3. The van der Waals surface area contributed by atoms with Crippen molar-refractivity contribution in [3.8, 4) is 5.75 Å². The van der Waals surface area contributed by atoms with Crippen LogP contribution in [0, 0.1) is 0 Å². The first-order chi connectivity index (χ1) is 8.76. The molecular weight excluding hydrogens is 224 g/mol. The fourth-order valence-corrected chi connectivity index (χ4v) is 2.12. The number of methoxy groups -OCH3 is 1. The molecule has 1 N–H and O–H groups in total. The highest BCUT2D eigenvalue weighted by molar-refractivity contribution is 5.27. The van der Waals surface area contributed by atoms with Crippen LogP contribution >= 0.6 is 0 Å². The number of hydrogen-bond donors (Lipinski definition) is 1. The summed E-state index contributed by atoms with van der Waals surface area (Å²) in [5.41, 5.74) is 1.18. The molecule has 0 bridgehead atoms. The molecule has 0 fully saturated rings. The normalized spacial score (nSPS) is 12.4. The summed E-state index contributed by atoms with van der Waals surface area (Å²) in [4.78, 5) is 0. The van der Waals surface area contributed by atoms with Gasteiger partial charge in [-0.2, -0.15) is 0 Å². The Kier molecular flexibility index (Phi) is 7.51. The lowest BCUT2D eigenvalue weighted by Crippen LogP contribution is -2.10. The molecule has 0 spiro atoms. The Balaban J connectivity index is 2.20. The molecule has 2 nitrogen and oxygen atoms in total. The van der Waals surface area contributed by atoms with Gasteiger partial charge < -0.3 is 9.84 Å². The van der Waals surface area contributed by atoms with E-state index in [-0.39, 0.29) is 6.10 Å². The summed E-state index contributed by atoms with van der Waals surface area (Å²) in [6, 6.07) is 7.95. The Hall–Kier alpha value is -1.02. The first-order valence-corrected chi connectivity index (χ1v) is 7.07. The number of ether oxygens (including phenoxy) is 1. The third-order valence-electron chi connectivity index (χ3n) is 3.27. The highest BCUT2D eigenvalue weighted by Crippen LogP contribution is 2.15. The molecule has 0 amide bonds. The summed E-state index contributed by atoms with van der Waals surface area (Å²) in [5, 5.41) is 9.95. The Morgan fingerprint density at radius 1 is 1.06 bits per heavy atom. The predicted molar refractivity (Wildman–Crippen MR) is 76.1 cm³/mol. The van der Waals surface area contributed by atoms with E-state index in [1.165, 1.54) is 31.2 Å². The van der Waals surface area contributed by atoms with Crippen molar-refractivity contribution in [3.05, 3.63) is 29.8 Å². The summed E-state index contributed by atoms with van der Waals surface area (Å²) in [7, 11) is 1.67. The summed E-state index contributed by atoms with van der Waals surface area (Å²) in [5.74, 6) is 0.868. The first-order valence-electron chi connectivity index (χ1n) is 7.07. The second kappa shape index (κ2) is 8.98. The highest BCUT2D eigenvalue weighted by atomic mass is 16.5. The van der Waals surface area contributed by atoms with Gasteiger partial charge in [-0.1, -0.05) is 51.2 Å². The summed E-state index contributed by atoms with van der Waals surface area (Å²) in [6.45, 7) is 2.22. The average molecular weight is 250 g/mol. The van der Waals surface area contributed by atoms with Crippen molar-refractivity contribution in [1.82, 2.24) is 0 Å². The molecule has 1 rings (SSSR count).